The van der Waals surface area contributed by atoms with E-state index in [2.05, 4.69) is 15.5 Å². The number of hydrogen-bond donors (Lipinski definition) is 3. The molecule has 0 saturated carbocycles. The number of nitrogens with zero attached hydrogens (tertiary/aromatic N) is 1. The Hall–Kier alpha value is -1.50. The second-order valence-electron chi connectivity index (χ2n) is 6.95. The summed E-state index contributed by atoms with van der Waals surface area (Å²) in [6.45, 7) is 5.69. The molecule has 1 saturated heterocycles. The van der Waals surface area contributed by atoms with Gasteiger partial charge in [-0.2, -0.15) is 0 Å². The first-order valence-corrected chi connectivity index (χ1v) is 9.16. The fraction of sp³-hybridized carbons (Fsp3) is 0.579. The summed E-state index contributed by atoms with van der Waals surface area (Å²) in [5, 5.41) is 5.52. The van der Waals surface area contributed by atoms with Crippen molar-refractivity contribution in [3.05, 3.63) is 24.3 Å². The molecule has 0 unspecified atom stereocenters. The van der Waals surface area contributed by atoms with Gasteiger partial charge in [-0.3, -0.25) is 9.59 Å². The van der Waals surface area contributed by atoms with Crippen molar-refractivity contribution in [1.82, 2.24) is 5.32 Å². The minimum atomic E-state index is -0.600. The number of carbonyl (C=O) groups is 2. The predicted octanol–water partition coefficient (Wildman–Crippen LogP) is 2.95. The van der Waals surface area contributed by atoms with Crippen molar-refractivity contribution in [2.24, 2.45) is 11.7 Å². The molecule has 1 heterocycles. The summed E-state index contributed by atoms with van der Waals surface area (Å²) in [5.74, 6) is -0.510. The topological polar surface area (TPSA) is 87.5 Å². The van der Waals surface area contributed by atoms with Crippen molar-refractivity contribution in [3.63, 3.8) is 0 Å². The van der Waals surface area contributed by atoms with Crippen molar-refractivity contribution in [2.75, 3.05) is 29.9 Å². The number of para-hydroxylation sites is 2. The normalized spacial score (nSPS) is 15.0. The Morgan fingerprint density at radius 1 is 1.07 bits per heavy atom. The molecular weight excluding hydrogens is 387 g/mol. The second kappa shape index (κ2) is 12.8. The highest BCUT2D eigenvalue weighted by molar-refractivity contribution is 5.97. The SMILES string of the molecule is CC(C)[C@H](N)C(=O)NCC(=O)Nc1ccccc1N1CCCCCC1.Cl.Cl. The van der Waals surface area contributed by atoms with Crippen molar-refractivity contribution in [1.29, 1.82) is 0 Å². The number of anilines is 2. The van der Waals surface area contributed by atoms with Crippen LogP contribution in [0.15, 0.2) is 24.3 Å². The average Bonchev–Trinajstić information content (AvgIpc) is 2.88. The third-order valence-corrected chi connectivity index (χ3v) is 4.57. The largest absolute Gasteiger partial charge is 0.370 e. The molecule has 1 aliphatic rings. The molecule has 0 aliphatic carbocycles. The van der Waals surface area contributed by atoms with Gasteiger partial charge < -0.3 is 21.3 Å². The van der Waals surface area contributed by atoms with Gasteiger partial charge in [-0.25, -0.2) is 0 Å². The highest BCUT2D eigenvalue weighted by Gasteiger charge is 2.18. The third kappa shape index (κ3) is 7.95. The number of rotatable bonds is 6. The fourth-order valence-corrected chi connectivity index (χ4v) is 2.95. The van der Waals surface area contributed by atoms with E-state index in [1.807, 2.05) is 38.1 Å². The summed E-state index contributed by atoms with van der Waals surface area (Å²) in [4.78, 5) is 26.4. The molecule has 0 spiro atoms. The van der Waals surface area contributed by atoms with Crippen LogP contribution in [-0.4, -0.2) is 37.5 Å². The van der Waals surface area contributed by atoms with Crippen LogP contribution in [0.3, 0.4) is 0 Å². The minimum Gasteiger partial charge on any atom is -0.370 e. The lowest BCUT2D eigenvalue weighted by atomic mass is 10.1. The summed E-state index contributed by atoms with van der Waals surface area (Å²) in [6, 6.07) is 7.23. The molecule has 2 amide bonds. The molecule has 2 rings (SSSR count). The molecular formula is C19H32Cl2N4O2. The molecule has 8 heteroatoms. The van der Waals surface area contributed by atoms with Crippen molar-refractivity contribution >= 4 is 48.0 Å². The highest BCUT2D eigenvalue weighted by Crippen LogP contribution is 2.27. The maximum Gasteiger partial charge on any atom is 0.243 e. The zero-order valence-electron chi connectivity index (χ0n) is 16.1. The van der Waals surface area contributed by atoms with Gasteiger partial charge in [0.05, 0.1) is 24.0 Å². The number of benzene rings is 1. The van der Waals surface area contributed by atoms with Crippen LogP contribution in [0, 0.1) is 5.92 Å². The third-order valence-electron chi connectivity index (χ3n) is 4.57. The first kappa shape index (κ1) is 25.5. The van der Waals surface area contributed by atoms with Gasteiger partial charge in [0.2, 0.25) is 11.8 Å². The first-order chi connectivity index (χ1) is 12.0. The molecule has 154 valence electrons. The van der Waals surface area contributed by atoms with Crippen LogP contribution in [0.4, 0.5) is 11.4 Å². The molecule has 1 aromatic carbocycles. The zero-order chi connectivity index (χ0) is 18.2. The van der Waals surface area contributed by atoms with E-state index in [1.54, 1.807) is 0 Å². The molecule has 1 atom stereocenters. The number of halogens is 2. The van der Waals surface area contributed by atoms with Crippen molar-refractivity contribution in [2.45, 2.75) is 45.6 Å². The molecule has 4 N–H and O–H groups in total. The maximum atomic E-state index is 12.2. The molecule has 1 fully saturated rings. The second-order valence-corrected chi connectivity index (χ2v) is 6.95. The summed E-state index contributed by atoms with van der Waals surface area (Å²) < 4.78 is 0. The molecule has 0 bridgehead atoms. The van der Waals surface area contributed by atoms with Gasteiger partial charge in [0, 0.05) is 13.1 Å². The highest BCUT2D eigenvalue weighted by atomic mass is 35.5. The number of hydrogen-bond acceptors (Lipinski definition) is 4. The van der Waals surface area contributed by atoms with Gasteiger partial charge in [-0.15, -0.1) is 24.8 Å². The quantitative estimate of drug-likeness (QED) is 0.662. The zero-order valence-corrected chi connectivity index (χ0v) is 17.7. The predicted molar refractivity (Wildman–Crippen MR) is 116 cm³/mol. The molecule has 0 radical (unpaired) electrons. The molecule has 1 aromatic rings. The van der Waals surface area contributed by atoms with Gasteiger partial charge in [0.25, 0.3) is 0 Å². The van der Waals surface area contributed by atoms with E-state index in [-0.39, 0.29) is 49.1 Å². The van der Waals surface area contributed by atoms with Crippen LogP contribution in [0.1, 0.15) is 39.5 Å². The summed E-state index contributed by atoms with van der Waals surface area (Å²) in [7, 11) is 0. The summed E-state index contributed by atoms with van der Waals surface area (Å²) >= 11 is 0. The van der Waals surface area contributed by atoms with Gasteiger partial charge in [0.15, 0.2) is 0 Å². The molecule has 6 nitrogen and oxygen atoms in total. The monoisotopic (exact) mass is 418 g/mol. The maximum absolute atomic E-state index is 12.2. The lowest BCUT2D eigenvalue weighted by molar-refractivity contribution is -0.125. The van der Waals surface area contributed by atoms with E-state index < -0.39 is 6.04 Å². The van der Waals surface area contributed by atoms with E-state index in [0.29, 0.717) is 0 Å². The first-order valence-electron chi connectivity index (χ1n) is 9.16. The van der Waals surface area contributed by atoms with Crippen LogP contribution >= 0.6 is 24.8 Å². The van der Waals surface area contributed by atoms with Crippen LogP contribution in [0.5, 0.6) is 0 Å². The van der Waals surface area contributed by atoms with Crippen LogP contribution in [-0.2, 0) is 9.59 Å². The Morgan fingerprint density at radius 3 is 2.26 bits per heavy atom. The Morgan fingerprint density at radius 2 is 1.67 bits per heavy atom. The van der Waals surface area contributed by atoms with E-state index >= 15 is 0 Å². The minimum absolute atomic E-state index is 0. The lowest BCUT2D eigenvalue weighted by Gasteiger charge is -2.25. The van der Waals surface area contributed by atoms with Crippen LogP contribution in [0.2, 0.25) is 0 Å². The molecule has 0 aromatic heterocycles. The lowest BCUT2D eigenvalue weighted by Crippen LogP contribution is -2.46. The molecule has 27 heavy (non-hydrogen) atoms. The Labute approximate surface area is 174 Å². The number of carbonyl (C=O) groups excluding carboxylic acids is 2. The summed E-state index contributed by atoms with van der Waals surface area (Å²) in [6.07, 6.45) is 4.86. The van der Waals surface area contributed by atoms with E-state index in [1.165, 1.54) is 25.7 Å². The number of amides is 2. The van der Waals surface area contributed by atoms with E-state index in [0.717, 1.165) is 24.5 Å². The fourth-order valence-electron chi connectivity index (χ4n) is 2.95. The smallest absolute Gasteiger partial charge is 0.243 e. The molecule has 1 aliphatic heterocycles. The van der Waals surface area contributed by atoms with Crippen molar-refractivity contribution < 1.29 is 9.59 Å². The standard InChI is InChI=1S/C19H30N4O2.2ClH/c1-14(2)18(20)19(25)21-13-17(24)22-15-9-5-6-10-16(15)23-11-7-3-4-8-12-23;;/h5-6,9-10,14,18H,3-4,7-8,11-13,20H2,1-2H3,(H,21,25)(H,22,24);2*1H/t18-;;/m0../s1. The Balaban J connectivity index is 0.00000338. The van der Waals surface area contributed by atoms with Gasteiger partial charge >= 0.3 is 0 Å². The van der Waals surface area contributed by atoms with Crippen LogP contribution in [0.25, 0.3) is 0 Å². The van der Waals surface area contributed by atoms with Gasteiger partial charge in [0.1, 0.15) is 0 Å². The number of nitrogens with one attached hydrogen (secondary N) is 2. The van der Waals surface area contributed by atoms with Gasteiger partial charge in [-0.1, -0.05) is 38.8 Å². The van der Waals surface area contributed by atoms with E-state index in [9.17, 15) is 9.59 Å². The van der Waals surface area contributed by atoms with E-state index in [4.69, 9.17) is 5.73 Å². The Kier molecular flexibility index (Phi) is 12.1. The Bertz CT molecular complexity index is 591. The summed E-state index contributed by atoms with van der Waals surface area (Å²) in [5.41, 5.74) is 7.62. The van der Waals surface area contributed by atoms with Crippen molar-refractivity contribution in [3.8, 4) is 0 Å². The average molecular weight is 419 g/mol. The van der Waals surface area contributed by atoms with Gasteiger partial charge in [-0.05, 0) is 30.9 Å². The number of nitrogens with two attached hydrogens (primary N) is 1. The van der Waals surface area contributed by atoms with Crippen LogP contribution < -0.4 is 21.3 Å².